The van der Waals surface area contributed by atoms with Crippen molar-refractivity contribution in [3.8, 4) is 0 Å². The van der Waals surface area contributed by atoms with Gasteiger partial charge >= 0.3 is 0 Å². The molecule has 3 N–H and O–H groups in total. The molecule has 1 amide bonds. The zero-order chi connectivity index (χ0) is 18.2. The Morgan fingerprint density at radius 2 is 1.73 bits per heavy atom. The molecule has 7 heteroatoms. The van der Waals surface area contributed by atoms with E-state index in [1.54, 1.807) is 12.1 Å². The molecule has 0 aliphatic rings. The molecule has 0 aromatic heterocycles. The van der Waals surface area contributed by atoms with Crippen LogP contribution in [-0.2, 0) is 11.2 Å². The lowest BCUT2D eigenvalue weighted by Gasteiger charge is -2.13. The lowest BCUT2D eigenvalue weighted by atomic mass is 10.1. The molecule has 0 aliphatic heterocycles. The third kappa shape index (κ3) is 6.46. The van der Waals surface area contributed by atoms with Crippen molar-refractivity contribution < 1.29 is 9.72 Å². The highest BCUT2D eigenvalue weighted by Gasteiger charge is 2.14. The van der Waals surface area contributed by atoms with Gasteiger partial charge in [-0.3, -0.25) is 14.9 Å². The predicted molar refractivity (Wildman–Crippen MR) is 104 cm³/mol. The third-order valence-electron chi connectivity index (χ3n) is 4.06. The second-order valence-corrected chi connectivity index (χ2v) is 6.06. The summed E-state index contributed by atoms with van der Waals surface area (Å²) < 4.78 is 0. The van der Waals surface area contributed by atoms with Gasteiger partial charge in [-0.2, -0.15) is 0 Å². The highest BCUT2D eigenvalue weighted by molar-refractivity contribution is 5.85. The first-order valence-electron chi connectivity index (χ1n) is 8.30. The number of halogens is 1. The van der Waals surface area contributed by atoms with Gasteiger partial charge in [-0.15, -0.1) is 12.4 Å². The molecular formula is C19H24ClN3O3. The van der Waals surface area contributed by atoms with Crippen molar-refractivity contribution in [2.24, 2.45) is 5.73 Å². The number of unbranched alkanes of at least 4 members (excludes halogenated alkanes) is 1. The van der Waals surface area contributed by atoms with Gasteiger partial charge < -0.3 is 11.1 Å². The Morgan fingerprint density at radius 3 is 2.31 bits per heavy atom. The van der Waals surface area contributed by atoms with E-state index in [1.807, 2.05) is 31.2 Å². The van der Waals surface area contributed by atoms with E-state index in [0.29, 0.717) is 6.54 Å². The summed E-state index contributed by atoms with van der Waals surface area (Å²) in [5.41, 5.74) is 9.04. The maximum Gasteiger partial charge on any atom is 0.269 e. The lowest BCUT2D eigenvalue weighted by molar-refractivity contribution is -0.384. The van der Waals surface area contributed by atoms with E-state index < -0.39 is 11.0 Å². The summed E-state index contributed by atoms with van der Waals surface area (Å²) in [5, 5.41) is 13.5. The first-order valence-corrected chi connectivity index (χ1v) is 8.30. The molecule has 0 saturated carbocycles. The molecule has 0 aliphatic carbocycles. The molecule has 0 spiro atoms. The van der Waals surface area contributed by atoms with Crippen molar-refractivity contribution in [3.63, 3.8) is 0 Å². The zero-order valence-corrected chi connectivity index (χ0v) is 15.5. The summed E-state index contributed by atoms with van der Waals surface area (Å²) in [6.45, 7) is 2.55. The third-order valence-corrected chi connectivity index (χ3v) is 4.06. The topological polar surface area (TPSA) is 98.3 Å². The minimum absolute atomic E-state index is 0. The van der Waals surface area contributed by atoms with Crippen molar-refractivity contribution in [1.29, 1.82) is 0 Å². The standard InChI is InChI=1S/C19H23N3O3.ClH/c1-14-5-9-16(10-6-14)18(20)19(23)21-13-3-2-4-15-7-11-17(12-8-15)22(24)25;/h5-12,18H,2-4,13,20H2,1H3,(H,21,23);1H. The van der Waals surface area contributed by atoms with Crippen LogP contribution in [-0.4, -0.2) is 17.4 Å². The van der Waals surface area contributed by atoms with Crippen molar-refractivity contribution in [1.82, 2.24) is 5.32 Å². The molecule has 2 aromatic rings. The predicted octanol–water partition coefficient (Wildman–Crippen LogP) is 3.46. The minimum atomic E-state index is -0.657. The van der Waals surface area contributed by atoms with Crippen molar-refractivity contribution in [2.75, 3.05) is 6.54 Å². The smallest absolute Gasteiger partial charge is 0.269 e. The van der Waals surface area contributed by atoms with Crippen LogP contribution in [0, 0.1) is 17.0 Å². The van der Waals surface area contributed by atoms with Crippen LogP contribution in [0.3, 0.4) is 0 Å². The van der Waals surface area contributed by atoms with Crippen LogP contribution in [0.5, 0.6) is 0 Å². The highest BCUT2D eigenvalue weighted by Crippen LogP contribution is 2.14. The van der Waals surface area contributed by atoms with Gasteiger partial charge in [-0.05, 0) is 37.3 Å². The maximum absolute atomic E-state index is 12.1. The van der Waals surface area contributed by atoms with Crippen LogP contribution in [0.2, 0.25) is 0 Å². The Kier molecular flexibility index (Phi) is 8.75. The monoisotopic (exact) mass is 377 g/mol. The zero-order valence-electron chi connectivity index (χ0n) is 14.7. The Morgan fingerprint density at radius 1 is 1.12 bits per heavy atom. The van der Waals surface area contributed by atoms with Gasteiger partial charge in [0, 0.05) is 18.7 Å². The number of aryl methyl sites for hydroxylation is 2. The molecule has 0 fully saturated rings. The van der Waals surface area contributed by atoms with Gasteiger partial charge in [-0.1, -0.05) is 42.0 Å². The lowest BCUT2D eigenvalue weighted by Crippen LogP contribution is -2.34. The van der Waals surface area contributed by atoms with E-state index in [0.717, 1.165) is 36.0 Å². The molecular weight excluding hydrogens is 354 g/mol. The van der Waals surface area contributed by atoms with Crippen LogP contribution >= 0.6 is 12.4 Å². The number of carbonyl (C=O) groups is 1. The van der Waals surface area contributed by atoms with E-state index in [-0.39, 0.29) is 24.0 Å². The minimum Gasteiger partial charge on any atom is -0.354 e. The number of benzene rings is 2. The van der Waals surface area contributed by atoms with Crippen LogP contribution in [0.25, 0.3) is 0 Å². The molecule has 0 radical (unpaired) electrons. The van der Waals surface area contributed by atoms with Gasteiger partial charge in [0.05, 0.1) is 4.92 Å². The fourth-order valence-electron chi connectivity index (χ4n) is 2.49. The number of hydrogen-bond donors (Lipinski definition) is 2. The van der Waals surface area contributed by atoms with Crippen molar-refractivity contribution >= 4 is 24.0 Å². The number of hydrogen-bond acceptors (Lipinski definition) is 4. The van der Waals surface area contributed by atoms with E-state index in [4.69, 9.17) is 5.73 Å². The van der Waals surface area contributed by atoms with E-state index in [9.17, 15) is 14.9 Å². The number of carbonyl (C=O) groups excluding carboxylic acids is 1. The number of nitrogens with two attached hydrogens (primary N) is 1. The summed E-state index contributed by atoms with van der Waals surface area (Å²) in [6.07, 6.45) is 2.53. The largest absolute Gasteiger partial charge is 0.354 e. The molecule has 1 unspecified atom stereocenters. The fourth-order valence-corrected chi connectivity index (χ4v) is 2.49. The summed E-state index contributed by atoms with van der Waals surface area (Å²) >= 11 is 0. The molecule has 26 heavy (non-hydrogen) atoms. The van der Waals surface area contributed by atoms with E-state index >= 15 is 0 Å². The Hall–Kier alpha value is -2.44. The second-order valence-electron chi connectivity index (χ2n) is 6.06. The van der Waals surface area contributed by atoms with Gasteiger partial charge in [0.2, 0.25) is 5.91 Å². The molecule has 2 rings (SSSR count). The number of nitrogens with zero attached hydrogens (tertiary/aromatic N) is 1. The van der Waals surface area contributed by atoms with E-state index in [1.165, 1.54) is 12.1 Å². The molecule has 6 nitrogen and oxygen atoms in total. The molecule has 0 saturated heterocycles. The average Bonchev–Trinajstić information content (AvgIpc) is 2.61. The van der Waals surface area contributed by atoms with Crippen molar-refractivity contribution in [2.45, 2.75) is 32.2 Å². The number of rotatable bonds is 8. The Labute approximate surface area is 159 Å². The summed E-state index contributed by atoms with van der Waals surface area (Å²) in [5.74, 6) is -0.181. The second kappa shape index (κ2) is 10.5. The number of nitro benzene ring substituents is 1. The molecule has 0 heterocycles. The van der Waals surface area contributed by atoms with Crippen LogP contribution in [0.4, 0.5) is 5.69 Å². The molecule has 0 bridgehead atoms. The number of nitro groups is 1. The first-order chi connectivity index (χ1) is 12.0. The molecule has 2 aromatic carbocycles. The van der Waals surface area contributed by atoms with Gasteiger partial charge in [-0.25, -0.2) is 0 Å². The van der Waals surface area contributed by atoms with Crippen molar-refractivity contribution in [3.05, 3.63) is 75.3 Å². The first kappa shape index (κ1) is 21.6. The number of non-ortho nitro benzene ring substituents is 1. The summed E-state index contributed by atoms with van der Waals surface area (Å²) in [4.78, 5) is 22.3. The number of amides is 1. The van der Waals surface area contributed by atoms with Gasteiger partial charge in [0.15, 0.2) is 0 Å². The van der Waals surface area contributed by atoms with Crippen LogP contribution < -0.4 is 11.1 Å². The Balaban J connectivity index is 0.00000338. The van der Waals surface area contributed by atoms with Crippen LogP contribution in [0.1, 0.15) is 35.6 Å². The molecule has 140 valence electrons. The van der Waals surface area contributed by atoms with Crippen LogP contribution in [0.15, 0.2) is 48.5 Å². The normalized spacial score (nSPS) is 11.3. The average molecular weight is 378 g/mol. The SMILES string of the molecule is Cc1ccc(C(N)C(=O)NCCCCc2ccc([N+](=O)[O-])cc2)cc1.Cl. The Bertz CT molecular complexity index is 718. The number of nitrogens with one attached hydrogen (secondary N) is 1. The molecule has 1 atom stereocenters. The van der Waals surface area contributed by atoms with Gasteiger partial charge in [0.1, 0.15) is 6.04 Å². The van der Waals surface area contributed by atoms with Gasteiger partial charge in [0.25, 0.3) is 5.69 Å². The maximum atomic E-state index is 12.1. The fraction of sp³-hybridized carbons (Fsp3) is 0.316. The summed E-state index contributed by atoms with van der Waals surface area (Å²) in [6, 6.07) is 13.5. The highest BCUT2D eigenvalue weighted by atomic mass is 35.5. The quantitative estimate of drug-likeness (QED) is 0.418. The summed E-state index contributed by atoms with van der Waals surface area (Å²) in [7, 11) is 0. The van der Waals surface area contributed by atoms with E-state index in [2.05, 4.69) is 5.32 Å².